The van der Waals surface area contributed by atoms with Crippen LogP contribution in [0.15, 0.2) is 24.3 Å². The zero-order valence-electron chi connectivity index (χ0n) is 15.8. The van der Waals surface area contributed by atoms with Crippen LogP contribution in [0.3, 0.4) is 0 Å². The van der Waals surface area contributed by atoms with E-state index in [1.165, 1.54) is 39.2 Å². The van der Waals surface area contributed by atoms with E-state index in [-0.39, 0.29) is 0 Å². The molecule has 1 atom stereocenters. The molecule has 0 saturated heterocycles. The Bertz CT molecular complexity index is 606. The second-order valence-corrected chi connectivity index (χ2v) is 6.83. The number of unbranched alkanes of at least 4 members (excludes halogenated alkanes) is 7. The maximum absolute atomic E-state index is 12.6. The lowest BCUT2D eigenvalue weighted by Gasteiger charge is -2.23. The number of imide groups is 1. The Hall–Kier alpha value is -2.17. The van der Waals surface area contributed by atoms with Gasteiger partial charge in [0.15, 0.2) is 0 Å². The van der Waals surface area contributed by atoms with E-state index in [2.05, 4.69) is 6.92 Å². The first-order chi connectivity index (χ1) is 12.6. The zero-order chi connectivity index (χ0) is 18.9. The predicted octanol–water partition coefficient (Wildman–Crippen LogP) is 4.36. The molecule has 1 aliphatic heterocycles. The Morgan fingerprint density at radius 1 is 0.923 bits per heavy atom. The summed E-state index contributed by atoms with van der Waals surface area (Å²) >= 11 is 0. The van der Waals surface area contributed by atoms with E-state index in [1.54, 1.807) is 24.3 Å². The van der Waals surface area contributed by atoms with Gasteiger partial charge in [-0.1, -0.05) is 70.4 Å². The third-order valence-electron chi connectivity index (χ3n) is 4.94. The van der Waals surface area contributed by atoms with E-state index in [9.17, 15) is 14.4 Å². The molecular weight excluding hydrogens is 330 g/mol. The van der Waals surface area contributed by atoms with Crippen LogP contribution in [0.2, 0.25) is 0 Å². The van der Waals surface area contributed by atoms with Gasteiger partial charge in [0, 0.05) is 0 Å². The predicted molar refractivity (Wildman–Crippen MR) is 100.0 cm³/mol. The van der Waals surface area contributed by atoms with Crippen LogP contribution in [-0.2, 0) is 9.53 Å². The summed E-state index contributed by atoms with van der Waals surface area (Å²) in [6, 6.07) is 5.85. The molecule has 5 nitrogen and oxygen atoms in total. The number of amides is 2. The fourth-order valence-electron chi connectivity index (χ4n) is 3.45. The van der Waals surface area contributed by atoms with Crippen LogP contribution in [0.1, 0.15) is 85.4 Å². The molecule has 0 N–H and O–H groups in total. The molecule has 0 radical (unpaired) electrons. The topological polar surface area (TPSA) is 63.7 Å². The number of benzene rings is 1. The van der Waals surface area contributed by atoms with Gasteiger partial charge in [-0.25, -0.2) is 4.79 Å². The number of esters is 1. The van der Waals surface area contributed by atoms with Crippen molar-refractivity contribution in [1.29, 1.82) is 0 Å². The van der Waals surface area contributed by atoms with Crippen LogP contribution in [0.4, 0.5) is 0 Å². The van der Waals surface area contributed by atoms with Crippen molar-refractivity contribution in [3.63, 3.8) is 0 Å². The molecule has 0 aliphatic carbocycles. The number of hydrogen-bond acceptors (Lipinski definition) is 4. The number of hydrogen-bond donors (Lipinski definition) is 0. The standard InChI is InChI=1S/C21H29NO4/c1-3-4-5-6-7-8-9-10-15-18(21(25)26-2)22-19(23)16-13-11-12-14-17(16)20(22)24/h11-14,18H,3-10,15H2,1-2H3. The van der Waals surface area contributed by atoms with Crippen molar-refractivity contribution in [2.45, 2.75) is 70.8 Å². The number of rotatable bonds is 11. The molecule has 1 aliphatic rings. The van der Waals surface area contributed by atoms with E-state index >= 15 is 0 Å². The average Bonchev–Trinajstić information content (AvgIpc) is 2.91. The van der Waals surface area contributed by atoms with E-state index < -0.39 is 23.8 Å². The quantitative estimate of drug-likeness (QED) is 0.335. The molecule has 1 heterocycles. The largest absolute Gasteiger partial charge is 0.467 e. The third kappa shape index (κ3) is 4.71. The molecule has 0 bridgehead atoms. The third-order valence-corrected chi connectivity index (χ3v) is 4.94. The SMILES string of the molecule is CCCCCCCCCCC(C(=O)OC)N1C(=O)c2ccccc2C1=O. The average molecular weight is 359 g/mol. The fourth-order valence-corrected chi connectivity index (χ4v) is 3.45. The Kier molecular flexibility index (Phi) is 7.82. The van der Waals surface area contributed by atoms with Crippen LogP contribution in [-0.4, -0.2) is 35.8 Å². The fraction of sp³-hybridized carbons (Fsp3) is 0.571. The highest BCUT2D eigenvalue weighted by Crippen LogP contribution is 2.27. The van der Waals surface area contributed by atoms with Crippen LogP contribution < -0.4 is 0 Å². The highest BCUT2D eigenvalue weighted by molar-refractivity contribution is 6.22. The summed E-state index contributed by atoms with van der Waals surface area (Å²) in [5.41, 5.74) is 0.727. The van der Waals surface area contributed by atoms with Crippen molar-refractivity contribution in [2.24, 2.45) is 0 Å². The smallest absolute Gasteiger partial charge is 0.329 e. The lowest BCUT2D eigenvalue weighted by Crippen LogP contribution is -2.45. The number of carbonyl (C=O) groups excluding carboxylic acids is 3. The van der Waals surface area contributed by atoms with E-state index in [0.29, 0.717) is 17.5 Å². The highest BCUT2D eigenvalue weighted by atomic mass is 16.5. The molecule has 0 saturated carbocycles. The highest BCUT2D eigenvalue weighted by Gasteiger charge is 2.42. The number of fused-ring (bicyclic) bond motifs is 1. The number of ether oxygens (including phenoxy) is 1. The monoisotopic (exact) mass is 359 g/mol. The summed E-state index contributed by atoms with van der Waals surface area (Å²) in [4.78, 5) is 38.5. The summed E-state index contributed by atoms with van der Waals surface area (Å²) in [5.74, 6) is -1.33. The van der Waals surface area contributed by atoms with Gasteiger partial charge in [0.25, 0.3) is 11.8 Å². The lowest BCUT2D eigenvalue weighted by molar-refractivity contribution is -0.145. The summed E-state index contributed by atoms with van der Waals surface area (Å²) in [6.07, 6.45) is 9.57. The molecule has 0 spiro atoms. The van der Waals surface area contributed by atoms with E-state index in [0.717, 1.165) is 24.2 Å². The van der Waals surface area contributed by atoms with Crippen LogP contribution in [0, 0.1) is 0 Å². The number of carbonyl (C=O) groups is 3. The van der Waals surface area contributed by atoms with Gasteiger partial charge in [-0.05, 0) is 18.6 Å². The number of methoxy groups -OCH3 is 1. The van der Waals surface area contributed by atoms with Gasteiger partial charge in [0.2, 0.25) is 0 Å². The van der Waals surface area contributed by atoms with Crippen molar-refractivity contribution in [1.82, 2.24) is 4.90 Å². The second-order valence-electron chi connectivity index (χ2n) is 6.83. The molecule has 142 valence electrons. The van der Waals surface area contributed by atoms with Crippen molar-refractivity contribution in [2.75, 3.05) is 7.11 Å². The van der Waals surface area contributed by atoms with Crippen LogP contribution in [0.5, 0.6) is 0 Å². The maximum Gasteiger partial charge on any atom is 0.329 e. The van der Waals surface area contributed by atoms with E-state index in [1.807, 2.05) is 0 Å². The Balaban J connectivity index is 1.91. The molecule has 2 amide bonds. The van der Waals surface area contributed by atoms with Gasteiger partial charge < -0.3 is 4.74 Å². The van der Waals surface area contributed by atoms with Crippen molar-refractivity contribution < 1.29 is 19.1 Å². The molecule has 2 rings (SSSR count). The van der Waals surface area contributed by atoms with Crippen molar-refractivity contribution in [3.8, 4) is 0 Å². The van der Waals surface area contributed by atoms with Gasteiger partial charge in [-0.3, -0.25) is 14.5 Å². The first-order valence-corrected chi connectivity index (χ1v) is 9.66. The lowest BCUT2D eigenvalue weighted by atomic mass is 10.0. The molecule has 0 aromatic heterocycles. The molecule has 0 fully saturated rings. The minimum atomic E-state index is -0.840. The van der Waals surface area contributed by atoms with Crippen LogP contribution in [0.25, 0.3) is 0 Å². The maximum atomic E-state index is 12.6. The summed E-state index contributed by atoms with van der Waals surface area (Å²) < 4.78 is 4.86. The Morgan fingerprint density at radius 3 is 1.92 bits per heavy atom. The van der Waals surface area contributed by atoms with Crippen molar-refractivity contribution in [3.05, 3.63) is 35.4 Å². The second kappa shape index (κ2) is 10.1. The summed E-state index contributed by atoms with van der Waals surface area (Å²) in [5, 5.41) is 0. The normalized spacial score (nSPS) is 14.5. The minimum Gasteiger partial charge on any atom is -0.467 e. The summed E-state index contributed by atoms with van der Waals surface area (Å²) in [6.45, 7) is 2.20. The van der Waals surface area contributed by atoms with E-state index in [4.69, 9.17) is 4.74 Å². The first-order valence-electron chi connectivity index (χ1n) is 9.66. The van der Waals surface area contributed by atoms with Gasteiger partial charge in [-0.15, -0.1) is 0 Å². The molecular formula is C21H29NO4. The molecule has 5 heteroatoms. The zero-order valence-corrected chi connectivity index (χ0v) is 15.8. The molecule has 26 heavy (non-hydrogen) atoms. The summed E-state index contributed by atoms with van der Waals surface area (Å²) in [7, 11) is 1.29. The molecule has 1 unspecified atom stereocenters. The minimum absolute atomic E-state index is 0.363. The first kappa shape index (κ1) is 20.1. The van der Waals surface area contributed by atoms with Gasteiger partial charge >= 0.3 is 5.97 Å². The Morgan fingerprint density at radius 2 is 1.42 bits per heavy atom. The molecule has 1 aromatic carbocycles. The van der Waals surface area contributed by atoms with Crippen LogP contribution >= 0.6 is 0 Å². The molecule has 1 aromatic rings. The van der Waals surface area contributed by atoms with Gasteiger partial charge in [0.1, 0.15) is 6.04 Å². The van der Waals surface area contributed by atoms with Gasteiger partial charge in [-0.2, -0.15) is 0 Å². The Labute approximate surface area is 155 Å². The van der Waals surface area contributed by atoms with Gasteiger partial charge in [0.05, 0.1) is 18.2 Å². The number of nitrogens with zero attached hydrogens (tertiary/aromatic N) is 1. The van der Waals surface area contributed by atoms with Crippen molar-refractivity contribution >= 4 is 17.8 Å².